The maximum Gasteiger partial charge on any atom is 0.147 e. The van der Waals surface area contributed by atoms with Crippen LogP contribution in [0, 0.1) is 5.41 Å². The van der Waals surface area contributed by atoms with Gasteiger partial charge in [0.1, 0.15) is 11.6 Å². The van der Waals surface area contributed by atoms with E-state index in [1.165, 1.54) is 22.3 Å². The lowest BCUT2D eigenvalue weighted by Crippen LogP contribution is -2.42. The lowest BCUT2D eigenvalue weighted by molar-refractivity contribution is -0.143. The first-order valence-electron chi connectivity index (χ1n) is 10.8. The molecule has 0 amide bonds. The lowest BCUT2D eigenvalue weighted by Gasteiger charge is -2.33. The first-order valence-corrected chi connectivity index (χ1v) is 10.8. The molecular weight excluding hydrogens is 344 g/mol. The zero-order valence-corrected chi connectivity index (χ0v) is 19.0. The van der Waals surface area contributed by atoms with Crippen molar-refractivity contribution in [1.29, 1.82) is 0 Å². The van der Waals surface area contributed by atoms with E-state index in [2.05, 4.69) is 65.8 Å². The summed E-state index contributed by atoms with van der Waals surface area (Å²) < 4.78 is 0. The molecule has 0 aromatic rings. The summed E-state index contributed by atoms with van der Waals surface area (Å²) in [5.41, 5.74) is 4.37. The molecule has 0 saturated heterocycles. The molecule has 1 rings (SSSR count). The summed E-state index contributed by atoms with van der Waals surface area (Å²) in [5, 5.41) is 0. The van der Waals surface area contributed by atoms with Crippen LogP contribution in [0.5, 0.6) is 0 Å². The quantitative estimate of drug-likeness (QED) is 0.289. The minimum absolute atomic E-state index is 0.144. The van der Waals surface area contributed by atoms with Gasteiger partial charge in [-0.25, -0.2) is 0 Å². The van der Waals surface area contributed by atoms with Gasteiger partial charge in [0.15, 0.2) is 0 Å². The second-order valence-corrected chi connectivity index (χ2v) is 8.93. The van der Waals surface area contributed by atoms with Crippen LogP contribution in [0.1, 0.15) is 99.3 Å². The Labute approximate surface area is 172 Å². The molecule has 2 nitrogen and oxygen atoms in total. The highest BCUT2D eigenvalue weighted by molar-refractivity contribution is 6.09. The van der Waals surface area contributed by atoms with Crippen molar-refractivity contribution in [2.75, 3.05) is 0 Å². The summed E-state index contributed by atoms with van der Waals surface area (Å²) in [6.45, 7) is 12.7. The summed E-state index contributed by atoms with van der Waals surface area (Å²) in [6, 6.07) is 0. The van der Waals surface area contributed by atoms with Gasteiger partial charge in [0.2, 0.25) is 0 Å². The van der Waals surface area contributed by atoms with Crippen molar-refractivity contribution in [3.8, 4) is 0 Å². The van der Waals surface area contributed by atoms with Gasteiger partial charge in [-0.3, -0.25) is 9.59 Å². The SMILES string of the molecule is CC(C)=CCC/C(C)=C/CC1(C/C=C(\C)CCC=C(C)C)C(=O)CCCC1=O. The second kappa shape index (κ2) is 12.0. The number of ketones is 2. The van der Waals surface area contributed by atoms with Crippen molar-refractivity contribution in [2.45, 2.75) is 99.3 Å². The Morgan fingerprint density at radius 2 is 1.11 bits per heavy atom. The molecule has 0 aromatic carbocycles. The van der Waals surface area contributed by atoms with E-state index in [1.54, 1.807) is 0 Å². The van der Waals surface area contributed by atoms with Crippen molar-refractivity contribution in [3.05, 3.63) is 46.6 Å². The molecule has 0 spiro atoms. The fourth-order valence-electron chi connectivity index (χ4n) is 3.66. The van der Waals surface area contributed by atoms with Crippen LogP contribution >= 0.6 is 0 Å². The number of rotatable bonds is 10. The Bertz CT molecular complexity index is 605. The fourth-order valence-corrected chi connectivity index (χ4v) is 3.66. The molecule has 1 saturated carbocycles. The van der Waals surface area contributed by atoms with Crippen LogP contribution in [0.3, 0.4) is 0 Å². The molecule has 0 radical (unpaired) electrons. The Hall–Kier alpha value is -1.70. The first kappa shape index (κ1) is 24.3. The average molecular weight is 385 g/mol. The number of carbonyl (C=O) groups excluding carboxylic acids is 2. The third kappa shape index (κ3) is 8.12. The van der Waals surface area contributed by atoms with Gasteiger partial charge < -0.3 is 0 Å². The highest BCUT2D eigenvalue weighted by Gasteiger charge is 2.44. The van der Waals surface area contributed by atoms with Crippen LogP contribution in [0.15, 0.2) is 46.6 Å². The largest absolute Gasteiger partial charge is 0.299 e. The van der Waals surface area contributed by atoms with E-state index in [0.29, 0.717) is 32.1 Å². The summed E-state index contributed by atoms with van der Waals surface area (Å²) >= 11 is 0. The Kier molecular flexibility index (Phi) is 10.4. The second-order valence-electron chi connectivity index (χ2n) is 8.93. The molecule has 0 N–H and O–H groups in total. The molecule has 1 aliphatic rings. The van der Waals surface area contributed by atoms with Crippen molar-refractivity contribution in [1.82, 2.24) is 0 Å². The molecule has 156 valence electrons. The van der Waals surface area contributed by atoms with Crippen LogP contribution in [-0.2, 0) is 9.59 Å². The monoisotopic (exact) mass is 384 g/mol. The Morgan fingerprint density at radius 3 is 1.46 bits per heavy atom. The summed E-state index contributed by atoms with van der Waals surface area (Å²) in [5.74, 6) is 0.288. The molecule has 1 aliphatic carbocycles. The Balaban J connectivity index is 2.89. The summed E-state index contributed by atoms with van der Waals surface area (Å²) in [6.07, 6.45) is 15.7. The fraction of sp³-hybridized carbons (Fsp3) is 0.615. The third-order valence-electron chi connectivity index (χ3n) is 5.66. The van der Waals surface area contributed by atoms with E-state index < -0.39 is 5.41 Å². The third-order valence-corrected chi connectivity index (χ3v) is 5.66. The minimum atomic E-state index is -0.826. The number of hydrogen-bond acceptors (Lipinski definition) is 2. The van der Waals surface area contributed by atoms with E-state index in [-0.39, 0.29) is 11.6 Å². The zero-order valence-electron chi connectivity index (χ0n) is 19.0. The molecule has 1 fully saturated rings. The van der Waals surface area contributed by atoms with Gasteiger partial charge in [-0.15, -0.1) is 0 Å². The van der Waals surface area contributed by atoms with Gasteiger partial charge in [-0.05, 0) is 86.5 Å². The van der Waals surface area contributed by atoms with Crippen LogP contribution in [0.2, 0.25) is 0 Å². The van der Waals surface area contributed by atoms with Crippen molar-refractivity contribution < 1.29 is 9.59 Å². The molecule has 0 heterocycles. The number of hydrogen-bond donors (Lipinski definition) is 0. The van der Waals surface area contributed by atoms with Gasteiger partial charge in [-0.2, -0.15) is 0 Å². The molecule has 0 unspecified atom stereocenters. The van der Waals surface area contributed by atoms with Gasteiger partial charge in [0, 0.05) is 12.8 Å². The van der Waals surface area contributed by atoms with Crippen LogP contribution in [0.25, 0.3) is 0 Å². The molecule has 0 aliphatic heterocycles. The van der Waals surface area contributed by atoms with E-state index in [9.17, 15) is 9.59 Å². The molecular formula is C26H40O2. The highest BCUT2D eigenvalue weighted by atomic mass is 16.2. The van der Waals surface area contributed by atoms with Crippen LogP contribution < -0.4 is 0 Å². The van der Waals surface area contributed by atoms with Crippen LogP contribution in [-0.4, -0.2) is 11.6 Å². The standard InChI is InChI=1S/C26H40O2/c1-20(2)10-7-12-22(5)16-18-26(24(27)14-9-15-25(26)28)19-17-23(6)13-8-11-21(3)4/h10-11,16-17H,7-9,12-15,18-19H2,1-6H3/b22-16+,23-17+. The molecule has 28 heavy (non-hydrogen) atoms. The van der Waals surface area contributed by atoms with E-state index in [0.717, 1.165) is 25.7 Å². The molecule has 0 atom stereocenters. The van der Waals surface area contributed by atoms with Gasteiger partial charge in [-0.1, -0.05) is 46.6 Å². The molecule has 0 aromatic heterocycles. The van der Waals surface area contributed by atoms with Crippen molar-refractivity contribution >= 4 is 11.6 Å². The van der Waals surface area contributed by atoms with Gasteiger partial charge in [0.05, 0.1) is 5.41 Å². The average Bonchev–Trinajstić information content (AvgIpc) is 2.60. The summed E-state index contributed by atoms with van der Waals surface area (Å²) in [4.78, 5) is 25.7. The normalized spacial score (nSPS) is 17.5. The van der Waals surface area contributed by atoms with Crippen molar-refractivity contribution in [2.24, 2.45) is 5.41 Å². The zero-order chi connectivity index (χ0) is 21.2. The first-order chi connectivity index (χ1) is 13.2. The predicted molar refractivity (Wildman–Crippen MR) is 120 cm³/mol. The smallest absolute Gasteiger partial charge is 0.147 e. The topological polar surface area (TPSA) is 34.1 Å². The lowest BCUT2D eigenvalue weighted by atomic mass is 9.67. The summed E-state index contributed by atoms with van der Waals surface area (Å²) in [7, 11) is 0. The molecule has 2 heteroatoms. The van der Waals surface area contributed by atoms with Gasteiger partial charge >= 0.3 is 0 Å². The Morgan fingerprint density at radius 1 is 0.714 bits per heavy atom. The minimum Gasteiger partial charge on any atom is -0.299 e. The number of allylic oxidation sites excluding steroid dienone is 8. The maximum absolute atomic E-state index is 12.9. The van der Waals surface area contributed by atoms with Gasteiger partial charge in [0.25, 0.3) is 0 Å². The molecule has 0 bridgehead atoms. The number of carbonyl (C=O) groups is 2. The number of Topliss-reactive ketones (excluding diaryl/α,β-unsaturated/α-hetero) is 2. The van der Waals surface area contributed by atoms with Crippen LogP contribution in [0.4, 0.5) is 0 Å². The van der Waals surface area contributed by atoms with E-state index >= 15 is 0 Å². The van der Waals surface area contributed by atoms with E-state index in [1.807, 2.05) is 0 Å². The van der Waals surface area contributed by atoms with E-state index in [4.69, 9.17) is 0 Å². The predicted octanol–water partition coefficient (Wildman–Crippen LogP) is 7.46. The maximum atomic E-state index is 12.9. The highest BCUT2D eigenvalue weighted by Crippen LogP contribution is 2.38. The van der Waals surface area contributed by atoms with Crippen molar-refractivity contribution in [3.63, 3.8) is 0 Å².